The zero-order valence-corrected chi connectivity index (χ0v) is 14.6. The van der Waals surface area contributed by atoms with Crippen LogP contribution in [0.5, 0.6) is 0 Å². The molecular formula is C20H18N4O2. The van der Waals surface area contributed by atoms with E-state index < -0.39 is 0 Å². The molecule has 1 amide bonds. The third kappa shape index (κ3) is 2.75. The smallest absolute Gasteiger partial charge is 0.262 e. The number of rotatable bonds is 3. The van der Waals surface area contributed by atoms with Crippen molar-refractivity contribution in [3.63, 3.8) is 0 Å². The Kier molecular flexibility index (Phi) is 3.80. The highest BCUT2D eigenvalue weighted by Crippen LogP contribution is 2.15. The lowest BCUT2D eigenvalue weighted by Crippen LogP contribution is -2.29. The lowest BCUT2D eigenvalue weighted by atomic mass is 10.2. The van der Waals surface area contributed by atoms with Crippen molar-refractivity contribution in [3.8, 4) is 0 Å². The fourth-order valence-electron chi connectivity index (χ4n) is 3.08. The normalized spacial score (nSPS) is 11.2. The maximum Gasteiger partial charge on any atom is 0.262 e. The molecule has 0 aliphatic heterocycles. The van der Waals surface area contributed by atoms with Crippen LogP contribution in [0.4, 0.5) is 5.69 Å². The molecule has 0 saturated heterocycles. The highest BCUT2D eigenvalue weighted by Gasteiger charge is 2.15. The first kappa shape index (κ1) is 16.1. The van der Waals surface area contributed by atoms with Crippen LogP contribution in [0.15, 0.2) is 59.4 Å². The molecule has 6 nitrogen and oxygen atoms in total. The summed E-state index contributed by atoms with van der Waals surface area (Å²) in [5.41, 5.74) is 3.74. The number of nitrogens with one attached hydrogen (secondary N) is 1. The Hall–Kier alpha value is -3.41. The second-order valence-corrected chi connectivity index (χ2v) is 6.38. The first-order chi connectivity index (χ1) is 12.5. The topological polar surface area (TPSA) is 68.4 Å². The molecule has 0 fully saturated rings. The van der Waals surface area contributed by atoms with Gasteiger partial charge in [0.1, 0.15) is 12.2 Å². The molecule has 130 valence electrons. The minimum atomic E-state index is -0.257. The van der Waals surface area contributed by atoms with Crippen molar-refractivity contribution in [2.24, 2.45) is 0 Å². The number of para-hydroxylation sites is 1. The number of aromatic nitrogens is 3. The number of carbonyl (C=O) groups excluding carboxylic acids is 1. The first-order valence-electron chi connectivity index (χ1n) is 8.37. The SMILES string of the molecule is Cc1ccc(NC(=O)Cn2c(=O)c3ccccc3n3nc(C)cc23)cc1. The standard InChI is InChI=1S/C20H18N4O2/c1-13-7-9-15(10-8-13)21-18(25)12-23-19-11-14(2)22-24(19)17-6-4-3-5-16(17)20(23)26/h3-11H,12H2,1-2H3,(H,21,25). The highest BCUT2D eigenvalue weighted by molar-refractivity contribution is 5.91. The molecule has 2 aromatic heterocycles. The maximum absolute atomic E-state index is 12.9. The van der Waals surface area contributed by atoms with Crippen molar-refractivity contribution in [2.45, 2.75) is 20.4 Å². The molecule has 6 heteroatoms. The fraction of sp³-hybridized carbons (Fsp3) is 0.150. The van der Waals surface area contributed by atoms with E-state index in [9.17, 15) is 9.59 Å². The van der Waals surface area contributed by atoms with Crippen LogP contribution in [0.1, 0.15) is 11.3 Å². The van der Waals surface area contributed by atoms with E-state index in [2.05, 4.69) is 10.4 Å². The van der Waals surface area contributed by atoms with Gasteiger partial charge in [-0.25, -0.2) is 4.52 Å². The molecule has 0 atom stereocenters. The van der Waals surface area contributed by atoms with E-state index in [0.717, 1.165) is 16.8 Å². The van der Waals surface area contributed by atoms with Crippen molar-refractivity contribution in [1.82, 2.24) is 14.2 Å². The van der Waals surface area contributed by atoms with Crippen LogP contribution in [-0.2, 0) is 11.3 Å². The molecule has 0 saturated carbocycles. The van der Waals surface area contributed by atoms with Gasteiger partial charge in [-0.1, -0.05) is 29.8 Å². The Bertz CT molecular complexity index is 1190. The van der Waals surface area contributed by atoms with Gasteiger partial charge in [-0.15, -0.1) is 0 Å². The third-order valence-corrected chi connectivity index (χ3v) is 4.33. The van der Waals surface area contributed by atoms with Gasteiger partial charge in [-0.05, 0) is 38.1 Å². The number of hydrogen-bond donors (Lipinski definition) is 1. The number of benzene rings is 2. The average molecular weight is 346 g/mol. The van der Waals surface area contributed by atoms with Crippen molar-refractivity contribution in [3.05, 3.63) is 76.2 Å². The summed E-state index contributed by atoms with van der Waals surface area (Å²) in [7, 11) is 0. The summed E-state index contributed by atoms with van der Waals surface area (Å²) in [4.78, 5) is 25.4. The average Bonchev–Trinajstić information content (AvgIpc) is 3.02. The van der Waals surface area contributed by atoms with Crippen LogP contribution in [0.3, 0.4) is 0 Å². The van der Waals surface area contributed by atoms with Crippen molar-refractivity contribution < 1.29 is 4.79 Å². The molecule has 4 aromatic rings. The number of nitrogens with zero attached hydrogens (tertiary/aromatic N) is 3. The van der Waals surface area contributed by atoms with Crippen LogP contribution in [-0.4, -0.2) is 20.1 Å². The molecule has 0 aliphatic rings. The van der Waals surface area contributed by atoms with Gasteiger partial charge in [0.2, 0.25) is 5.91 Å². The zero-order valence-electron chi connectivity index (χ0n) is 14.6. The Morgan fingerprint density at radius 3 is 2.58 bits per heavy atom. The number of fused-ring (bicyclic) bond motifs is 3. The predicted octanol–water partition coefficient (Wildman–Crippen LogP) is 2.90. The van der Waals surface area contributed by atoms with Gasteiger partial charge in [-0.3, -0.25) is 14.2 Å². The lowest BCUT2D eigenvalue weighted by Gasteiger charge is -2.11. The van der Waals surface area contributed by atoms with Crippen LogP contribution in [0.2, 0.25) is 0 Å². The van der Waals surface area contributed by atoms with Gasteiger partial charge < -0.3 is 5.32 Å². The summed E-state index contributed by atoms with van der Waals surface area (Å²) in [6.07, 6.45) is 0. The second-order valence-electron chi connectivity index (χ2n) is 6.38. The predicted molar refractivity (Wildman–Crippen MR) is 102 cm³/mol. The molecule has 0 bridgehead atoms. The molecular weight excluding hydrogens is 328 g/mol. The van der Waals surface area contributed by atoms with Crippen molar-refractivity contribution in [2.75, 3.05) is 5.32 Å². The van der Waals surface area contributed by atoms with Crippen molar-refractivity contribution >= 4 is 28.1 Å². The highest BCUT2D eigenvalue weighted by atomic mass is 16.2. The molecule has 2 heterocycles. The van der Waals surface area contributed by atoms with E-state index in [0.29, 0.717) is 16.7 Å². The molecule has 1 N–H and O–H groups in total. The fourth-order valence-corrected chi connectivity index (χ4v) is 3.08. The van der Waals surface area contributed by atoms with E-state index >= 15 is 0 Å². The van der Waals surface area contributed by atoms with Gasteiger partial charge in [0, 0.05) is 11.8 Å². The lowest BCUT2D eigenvalue weighted by molar-refractivity contribution is -0.116. The summed E-state index contributed by atoms with van der Waals surface area (Å²) in [5, 5.41) is 7.84. The Labute approximate surface area is 149 Å². The van der Waals surface area contributed by atoms with Gasteiger partial charge in [0.25, 0.3) is 5.56 Å². The third-order valence-electron chi connectivity index (χ3n) is 4.33. The summed E-state index contributed by atoms with van der Waals surface area (Å²) < 4.78 is 3.18. The van der Waals surface area contributed by atoms with Crippen LogP contribution < -0.4 is 10.9 Å². The van der Waals surface area contributed by atoms with Crippen LogP contribution >= 0.6 is 0 Å². The van der Waals surface area contributed by atoms with Gasteiger partial charge in [0.15, 0.2) is 0 Å². The minimum Gasteiger partial charge on any atom is -0.325 e. The summed E-state index contributed by atoms with van der Waals surface area (Å²) in [6, 6.07) is 16.6. The molecule has 0 radical (unpaired) electrons. The quantitative estimate of drug-likeness (QED) is 0.620. The van der Waals surface area contributed by atoms with E-state index in [1.165, 1.54) is 4.57 Å². The monoisotopic (exact) mass is 346 g/mol. The van der Waals surface area contributed by atoms with Gasteiger partial charge in [-0.2, -0.15) is 5.10 Å². The summed E-state index contributed by atoms with van der Waals surface area (Å²) in [6.45, 7) is 3.77. The van der Waals surface area contributed by atoms with Gasteiger partial charge >= 0.3 is 0 Å². The first-order valence-corrected chi connectivity index (χ1v) is 8.37. The molecule has 0 unspecified atom stereocenters. The Morgan fingerprint density at radius 1 is 1.08 bits per heavy atom. The van der Waals surface area contributed by atoms with E-state index in [-0.39, 0.29) is 18.0 Å². The largest absolute Gasteiger partial charge is 0.325 e. The van der Waals surface area contributed by atoms with Crippen LogP contribution in [0, 0.1) is 13.8 Å². The number of aryl methyl sites for hydroxylation is 2. The zero-order chi connectivity index (χ0) is 18.3. The Balaban J connectivity index is 1.77. The van der Waals surface area contributed by atoms with Crippen LogP contribution in [0.25, 0.3) is 16.6 Å². The maximum atomic E-state index is 12.9. The summed E-state index contributed by atoms with van der Waals surface area (Å²) in [5.74, 6) is -0.257. The number of amides is 1. The molecule has 26 heavy (non-hydrogen) atoms. The van der Waals surface area contributed by atoms with E-state index in [1.54, 1.807) is 10.6 Å². The second kappa shape index (κ2) is 6.15. The van der Waals surface area contributed by atoms with Gasteiger partial charge in [0.05, 0.1) is 16.6 Å². The number of anilines is 1. The number of carbonyl (C=O) groups is 1. The minimum absolute atomic E-state index is 0.0772. The van der Waals surface area contributed by atoms with E-state index in [1.807, 2.05) is 62.4 Å². The Morgan fingerprint density at radius 2 is 1.81 bits per heavy atom. The van der Waals surface area contributed by atoms with Crippen molar-refractivity contribution in [1.29, 1.82) is 0 Å². The van der Waals surface area contributed by atoms with E-state index in [4.69, 9.17) is 0 Å². The molecule has 4 rings (SSSR count). The molecule has 2 aromatic carbocycles. The molecule has 0 spiro atoms. The molecule has 0 aliphatic carbocycles. The summed E-state index contributed by atoms with van der Waals surface area (Å²) >= 11 is 0. The number of hydrogen-bond acceptors (Lipinski definition) is 3.